The molecule has 1 amide bonds. The summed E-state index contributed by atoms with van der Waals surface area (Å²) in [6, 6.07) is 1.85. The summed E-state index contributed by atoms with van der Waals surface area (Å²) >= 11 is 11.9. The first-order chi connectivity index (χ1) is 10.5. The third-order valence-electron chi connectivity index (χ3n) is 4.69. The first-order valence-corrected chi connectivity index (χ1v) is 8.15. The van der Waals surface area contributed by atoms with E-state index < -0.39 is 6.09 Å². The van der Waals surface area contributed by atoms with Crippen LogP contribution in [0.3, 0.4) is 0 Å². The van der Waals surface area contributed by atoms with Crippen molar-refractivity contribution in [3.05, 3.63) is 16.4 Å². The van der Waals surface area contributed by atoms with Crippen LogP contribution >= 0.6 is 23.2 Å². The molecule has 1 aromatic rings. The second-order valence-electron chi connectivity index (χ2n) is 5.98. The first-order valence-electron chi connectivity index (χ1n) is 7.40. The largest absolute Gasteiger partial charge is 0.465 e. The highest BCUT2D eigenvalue weighted by molar-refractivity contribution is 6.33. The van der Waals surface area contributed by atoms with Crippen LogP contribution in [0.25, 0.3) is 0 Å². The molecule has 0 unspecified atom stereocenters. The van der Waals surface area contributed by atoms with E-state index in [1.807, 2.05) is 11.9 Å². The average molecular weight is 345 g/mol. The van der Waals surface area contributed by atoms with E-state index in [0.29, 0.717) is 16.3 Å². The number of carbonyl (C=O) groups is 1. The minimum absolute atomic E-state index is 0.0760. The molecule has 2 saturated heterocycles. The third kappa shape index (κ3) is 2.94. The molecule has 1 aromatic heterocycles. The summed E-state index contributed by atoms with van der Waals surface area (Å²) in [7, 11) is 1.92. The van der Waals surface area contributed by atoms with Crippen LogP contribution in [0.5, 0.6) is 0 Å². The number of aromatic nitrogens is 2. The molecule has 8 heteroatoms. The molecule has 0 aliphatic carbocycles. The summed E-state index contributed by atoms with van der Waals surface area (Å²) in [4.78, 5) is 23.5. The van der Waals surface area contributed by atoms with Gasteiger partial charge in [0.05, 0.1) is 0 Å². The molecule has 22 heavy (non-hydrogen) atoms. The maximum absolute atomic E-state index is 11.5. The van der Waals surface area contributed by atoms with Gasteiger partial charge in [0.2, 0.25) is 5.95 Å². The van der Waals surface area contributed by atoms with Crippen molar-refractivity contribution in [1.82, 2.24) is 14.9 Å². The summed E-state index contributed by atoms with van der Waals surface area (Å²) in [6.45, 7) is 0. The van der Waals surface area contributed by atoms with Crippen molar-refractivity contribution >= 4 is 35.2 Å². The smallest absolute Gasteiger partial charge is 0.407 e. The highest BCUT2D eigenvalue weighted by atomic mass is 35.5. The minimum Gasteiger partial charge on any atom is -0.465 e. The van der Waals surface area contributed by atoms with Gasteiger partial charge in [-0.05, 0) is 32.1 Å². The molecule has 2 aliphatic rings. The van der Waals surface area contributed by atoms with E-state index in [9.17, 15) is 9.90 Å². The number of hydrogen-bond acceptors (Lipinski definition) is 4. The molecular weight excluding hydrogens is 327 g/mol. The number of hydrogen-bond donors (Lipinski definition) is 1. The standard InChI is InChI=1S/C14H18Cl2N4O2/c1-19(13-17-11(15)7-12(16)18-13)10-5-8-3-2-4-9(6-10)20(8)14(21)22/h7-10H,2-6H2,1H3,(H,21,22)/t8-,9+,10-. The molecule has 0 radical (unpaired) electrons. The van der Waals surface area contributed by atoms with E-state index in [2.05, 4.69) is 9.97 Å². The topological polar surface area (TPSA) is 69.6 Å². The highest BCUT2D eigenvalue weighted by Crippen LogP contribution is 2.36. The number of piperidine rings is 2. The Morgan fingerprint density at radius 2 is 1.82 bits per heavy atom. The van der Waals surface area contributed by atoms with Crippen LogP contribution in [0.1, 0.15) is 32.1 Å². The van der Waals surface area contributed by atoms with Crippen molar-refractivity contribution in [1.29, 1.82) is 0 Å². The molecule has 0 saturated carbocycles. The number of carboxylic acid groups (broad SMARTS) is 1. The van der Waals surface area contributed by atoms with Crippen LogP contribution in [0.15, 0.2) is 6.07 Å². The van der Waals surface area contributed by atoms with Crippen LogP contribution < -0.4 is 4.90 Å². The van der Waals surface area contributed by atoms with Crippen molar-refractivity contribution in [3.63, 3.8) is 0 Å². The lowest BCUT2D eigenvalue weighted by Crippen LogP contribution is -2.58. The van der Waals surface area contributed by atoms with Crippen molar-refractivity contribution in [2.45, 2.75) is 50.2 Å². The molecule has 6 nitrogen and oxygen atoms in total. The van der Waals surface area contributed by atoms with Gasteiger partial charge < -0.3 is 14.9 Å². The normalized spacial score (nSPS) is 27.6. The van der Waals surface area contributed by atoms with Gasteiger partial charge >= 0.3 is 6.09 Å². The summed E-state index contributed by atoms with van der Waals surface area (Å²) < 4.78 is 0. The van der Waals surface area contributed by atoms with Gasteiger partial charge in [-0.3, -0.25) is 0 Å². The number of nitrogens with zero attached hydrogens (tertiary/aromatic N) is 4. The molecule has 0 spiro atoms. The van der Waals surface area contributed by atoms with Gasteiger partial charge in [-0.25, -0.2) is 14.8 Å². The Morgan fingerprint density at radius 3 is 2.32 bits per heavy atom. The van der Waals surface area contributed by atoms with E-state index in [4.69, 9.17) is 23.2 Å². The molecule has 3 heterocycles. The fourth-order valence-electron chi connectivity index (χ4n) is 3.68. The zero-order chi connectivity index (χ0) is 15.9. The lowest BCUT2D eigenvalue weighted by molar-refractivity contribution is 0.0351. The molecule has 3 atom stereocenters. The Balaban J connectivity index is 1.80. The van der Waals surface area contributed by atoms with Crippen LogP contribution in [-0.4, -0.2) is 51.2 Å². The Kier molecular flexibility index (Phi) is 4.32. The predicted octanol–water partition coefficient (Wildman–Crippen LogP) is 3.28. The van der Waals surface area contributed by atoms with Crippen molar-refractivity contribution in [3.8, 4) is 0 Å². The number of fused-ring (bicyclic) bond motifs is 2. The van der Waals surface area contributed by atoms with Crippen molar-refractivity contribution < 1.29 is 9.90 Å². The molecule has 0 aromatic carbocycles. The molecule has 2 aliphatic heterocycles. The summed E-state index contributed by atoms with van der Waals surface area (Å²) in [6.07, 6.45) is 3.70. The van der Waals surface area contributed by atoms with Crippen LogP contribution in [0.4, 0.5) is 10.7 Å². The Hall–Kier alpha value is -1.27. The fraction of sp³-hybridized carbons (Fsp3) is 0.643. The third-order valence-corrected chi connectivity index (χ3v) is 5.07. The number of anilines is 1. The second kappa shape index (κ2) is 6.08. The van der Waals surface area contributed by atoms with Gasteiger partial charge in [-0.15, -0.1) is 0 Å². The second-order valence-corrected chi connectivity index (χ2v) is 6.75. The van der Waals surface area contributed by atoms with Crippen LogP contribution in [0.2, 0.25) is 10.3 Å². The zero-order valence-corrected chi connectivity index (χ0v) is 13.8. The van der Waals surface area contributed by atoms with Gasteiger partial charge in [0.25, 0.3) is 0 Å². The summed E-state index contributed by atoms with van der Waals surface area (Å²) in [5.74, 6) is 0.490. The first kappa shape index (κ1) is 15.6. The number of amides is 1. The van der Waals surface area contributed by atoms with E-state index >= 15 is 0 Å². The number of rotatable bonds is 2. The SMILES string of the molecule is CN(c1nc(Cl)cc(Cl)n1)[C@@H]1C[C@H]2CCC[C@@H](C1)N2C(=O)O. The highest BCUT2D eigenvalue weighted by Gasteiger charge is 2.42. The van der Waals surface area contributed by atoms with Gasteiger partial charge in [-0.2, -0.15) is 0 Å². The molecule has 120 valence electrons. The molecule has 2 bridgehead atoms. The van der Waals surface area contributed by atoms with Crippen molar-refractivity contribution in [2.75, 3.05) is 11.9 Å². The van der Waals surface area contributed by atoms with E-state index in [1.165, 1.54) is 6.07 Å². The molecule has 2 fully saturated rings. The molecule has 3 rings (SSSR count). The quantitative estimate of drug-likeness (QED) is 0.833. The summed E-state index contributed by atoms with van der Waals surface area (Å²) in [5.41, 5.74) is 0. The maximum Gasteiger partial charge on any atom is 0.407 e. The Bertz CT molecular complexity index is 552. The van der Waals surface area contributed by atoms with E-state index in [-0.39, 0.29) is 18.1 Å². The maximum atomic E-state index is 11.5. The Labute approximate surface area is 139 Å². The zero-order valence-electron chi connectivity index (χ0n) is 12.2. The predicted molar refractivity (Wildman–Crippen MR) is 84.8 cm³/mol. The monoisotopic (exact) mass is 344 g/mol. The molecule has 1 N–H and O–H groups in total. The van der Waals surface area contributed by atoms with E-state index in [0.717, 1.165) is 32.1 Å². The van der Waals surface area contributed by atoms with Crippen LogP contribution in [0, 0.1) is 0 Å². The minimum atomic E-state index is -0.808. The Morgan fingerprint density at radius 1 is 1.27 bits per heavy atom. The van der Waals surface area contributed by atoms with Gasteiger partial charge in [-0.1, -0.05) is 23.2 Å². The number of halogens is 2. The average Bonchev–Trinajstić information content (AvgIpc) is 2.43. The van der Waals surface area contributed by atoms with Crippen LogP contribution in [-0.2, 0) is 0 Å². The van der Waals surface area contributed by atoms with Crippen molar-refractivity contribution in [2.24, 2.45) is 0 Å². The van der Waals surface area contributed by atoms with E-state index in [1.54, 1.807) is 4.90 Å². The van der Waals surface area contributed by atoms with Gasteiger partial charge in [0, 0.05) is 31.2 Å². The lowest BCUT2D eigenvalue weighted by Gasteiger charge is -2.49. The lowest BCUT2D eigenvalue weighted by atomic mass is 9.81. The van der Waals surface area contributed by atoms with Gasteiger partial charge in [0.1, 0.15) is 10.3 Å². The fourth-order valence-corrected chi connectivity index (χ4v) is 4.09. The molecular formula is C14H18Cl2N4O2. The van der Waals surface area contributed by atoms with Gasteiger partial charge in [0.15, 0.2) is 0 Å². The summed E-state index contributed by atoms with van der Waals surface area (Å²) in [5, 5.41) is 10.0.